The fourth-order valence-electron chi connectivity index (χ4n) is 1.53. The van der Waals surface area contributed by atoms with E-state index in [1.165, 1.54) is 6.08 Å². The van der Waals surface area contributed by atoms with Crippen molar-refractivity contribution in [3.63, 3.8) is 0 Å². The third-order valence-corrected chi connectivity index (χ3v) is 2.60. The van der Waals surface area contributed by atoms with Crippen LogP contribution in [0.15, 0.2) is 36.4 Å². The first kappa shape index (κ1) is 13.4. The van der Waals surface area contributed by atoms with E-state index in [2.05, 4.69) is 0 Å². The van der Waals surface area contributed by atoms with Crippen molar-refractivity contribution in [1.82, 2.24) is 0 Å². The third-order valence-electron chi connectivity index (χ3n) is 2.35. The van der Waals surface area contributed by atoms with Gasteiger partial charge in [-0.3, -0.25) is 14.9 Å². The van der Waals surface area contributed by atoms with Gasteiger partial charge in [0.05, 0.1) is 5.92 Å². The zero-order valence-electron chi connectivity index (χ0n) is 9.08. The Bertz CT molecular complexity index is 414. The van der Waals surface area contributed by atoms with Gasteiger partial charge in [-0.15, -0.1) is 0 Å². The molecule has 0 aliphatic rings. The molecule has 0 heterocycles. The van der Waals surface area contributed by atoms with Crippen LogP contribution in [0.1, 0.15) is 17.9 Å². The summed E-state index contributed by atoms with van der Waals surface area (Å²) in [6.45, 7) is -0.162. The van der Waals surface area contributed by atoms with E-state index >= 15 is 0 Å². The summed E-state index contributed by atoms with van der Waals surface area (Å²) in [4.78, 5) is 20.4. The Morgan fingerprint density at radius 3 is 2.53 bits per heavy atom. The lowest BCUT2D eigenvalue weighted by molar-refractivity contribution is -0.483. The Morgan fingerprint density at radius 2 is 2.00 bits per heavy atom. The van der Waals surface area contributed by atoms with Gasteiger partial charge in [0.15, 0.2) is 0 Å². The van der Waals surface area contributed by atoms with Gasteiger partial charge in [-0.25, -0.2) is 0 Å². The maximum absolute atomic E-state index is 10.6. The van der Waals surface area contributed by atoms with Crippen LogP contribution in [0.2, 0.25) is 5.02 Å². The zero-order chi connectivity index (χ0) is 12.7. The number of aldehydes is 1. The molecule has 5 heteroatoms. The van der Waals surface area contributed by atoms with Gasteiger partial charge in [-0.1, -0.05) is 29.8 Å². The van der Waals surface area contributed by atoms with Crippen LogP contribution in [0.4, 0.5) is 0 Å². The second kappa shape index (κ2) is 6.81. The fourth-order valence-corrected chi connectivity index (χ4v) is 1.66. The molecule has 0 aromatic heterocycles. The van der Waals surface area contributed by atoms with E-state index in [1.54, 1.807) is 30.3 Å². The van der Waals surface area contributed by atoms with Crippen molar-refractivity contribution in [2.75, 3.05) is 6.54 Å². The van der Waals surface area contributed by atoms with Crippen molar-refractivity contribution in [2.45, 2.75) is 12.3 Å². The molecule has 1 rings (SSSR count). The van der Waals surface area contributed by atoms with Gasteiger partial charge in [-0.2, -0.15) is 0 Å². The van der Waals surface area contributed by atoms with Crippen LogP contribution in [0, 0.1) is 10.1 Å². The predicted octanol–water partition coefficient (Wildman–Crippen LogP) is 2.85. The number of carbonyl (C=O) groups is 1. The third kappa shape index (κ3) is 4.78. The van der Waals surface area contributed by atoms with Crippen molar-refractivity contribution in [3.05, 3.63) is 57.1 Å². The number of rotatable bonds is 6. The molecule has 4 nitrogen and oxygen atoms in total. The van der Waals surface area contributed by atoms with Crippen LogP contribution in [0.25, 0.3) is 0 Å². The Hall–Kier alpha value is -1.68. The SMILES string of the molecule is O=C/C=C/CC(C[N+](=O)[O-])c1ccc(Cl)cc1. The lowest BCUT2D eigenvalue weighted by Crippen LogP contribution is -2.12. The molecule has 0 aliphatic carbocycles. The van der Waals surface area contributed by atoms with Crippen LogP contribution in [-0.4, -0.2) is 17.8 Å². The molecule has 0 amide bonds. The van der Waals surface area contributed by atoms with E-state index in [0.717, 1.165) is 5.56 Å². The molecule has 0 N–H and O–H groups in total. The molecular weight excluding hydrogens is 242 g/mol. The molecule has 1 unspecified atom stereocenters. The number of hydrogen-bond acceptors (Lipinski definition) is 3. The van der Waals surface area contributed by atoms with Crippen molar-refractivity contribution in [1.29, 1.82) is 0 Å². The monoisotopic (exact) mass is 253 g/mol. The Labute approximate surface area is 104 Å². The van der Waals surface area contributed by atoms with Crippen molar-refractivity contribution in [3.8, 4) is 0 Å². The first-order valence-electron chi connectivity index (χ1n) is 5.11. The highest BCUT2D eigenvalue weighted by Crippen LogP contribution is 2.22. The number of hydrogen-bond donors (Lipinski definition) is 0. The molecule has 1 aromatic rings. The first-order chi connectivity index (χ1) is 8.13. The summed E-state index contributed by atoms with van der Waals surface area (Å²) in [5.74, 6) is -0.238. The standard InChI is InChI=1S/C12H12ClNO3/c13-12-6-4-10(5-7-12)11(9-14(16)17)3-1-2-8-15/h1-2,4-8,11H,3,9H2/b2-1+. The molecule has 0 saturated heterocycles. The molecule has 0 fully saturated rings. The quantitative estimate of drug-likeness (QED) is 0.339. The number of halogens is 1. The van der Waals surface area contributed by atoms with Crippen LogP contribution < -0.4 is 0 Å². The molecule has 90 valence electrons. The van der Waals surface area contributed by atoms with Crippen molar-refractivity contribution in [2.24, 2.45) is 0 Å². The highest BCUT2D eigenvalue weighted by molar-refractivity contribution is 6.30. The molecular formula is C12H12ClNO3. The maximum Gasteiger partial charge on any atom is 0.210 e. The van der Waals surface area contributed by atoms with Gasteiger partial charge < -0.3 is 0 Å². The smallest absolute Gasteiger partial charge is 0.210 e. The molecule has 0 spiro atoms. The van der Waals surface area contributed by atoms with E-state index in [4.69, 9.17) is 11.6 Å². The minimum absolute atomic E-state index is 0.162. The Morgan fingerprint density at radius 1 is 1.35 bits per heavy atom. The topological polar surface area (TPSA) is 60.2 Å². The average molecular weight is 254 g/mol. The van der Waals surface area contributed by atoms with E-state index in [9.17, 15) is 14.9 Å². The zero-order valence-corrected chi connectivity index (χ0v) is 9.84. The second-order valence-corrected chi connectivity index (χ2v) is 4.00. The number of nitrogens with zero attached hydrogens (tertiary/aromatic N) is 1. The van der Waals surface area contributed by atoms with Crippen LogP contribution >= 0.6 is 11.6 Å². The molecule has 1 aromatic carbocycles. The maximum atomic E-state index is 10.6. The summed E-state index contributed by atoms with van der Waals surface area (Å²) in [6.07, 6.45) is 4.10. The van der Waals surface area contributed by atoms with Gasteiger partial charge in [0.2, 0.25) is 6.54 Å². The number of nitro groups is 1. The summed E-state index contributed by atoms with van der Waals surface area (Å²) >= 11 is 5.75. The minimum Gasteiger partial charge on any atom is -0.299 e. The molecule has 0 aliphatic heterocycles. The number of allylic oxidation sites excluding steroid dienone is 2. The normalized spacial score (nSPS) is 12.5. The summed E-state index contributed by atoms with van der Waals surface area (Å²) in [6, 6.07) is 6.94. The first-order valence-corrected chi connectivity index (χ1v) is 5.49. The predicted molar refractivity (Wildman–Crippen MR) is 65.9 cm³/mol. The number of benzene rings is 1. The molecule has 0 saturated carbocycles. The summed E-state index contributed by atoms with van der Waals surface area (Å²) in [7, 11) is 0. The summed E-state index contributed by atoms with van der Waals surface area (Å²) in [5, 5.41) is 11.2. The van der Waals surface area contributed by atoms with Crippen LogP contribution in [0.5, 0.6) is 0 Å². The van der Waals surface area contributed by atoms with Crippen molar-refractivity contribution >= 4 is 17.9 Å². The van der Waals surface area contributed by atoms with E-state index in [1.807, 2.05) is 0 Å². The van der Waals surface area contributed by atoms with Gasteiger partial charge in [0.1, 0.15) is 6.29 Å². The van der Waals surface area contributed by atoms with E-state index < -0.39 is 0 Å². The lowest BCUT2D eigenvalue weighted by atomic mass is 9.96. The largest absolute Gasteiger partial charge is 0.299 e. The highest BCUT2D eigenvalue weighted by Gasteiger charge is 2.16. The molecule has 1 atom stereocenters. The second-order valence-electron chi connectivity index (χ2n) is 3.56. The molecule has 0 radical (unpaired) electrons. The van der Waals surface area contributed by atoms with Gasteiger partial charge in [0, 0.05) is 9.95 Å². The summed E-state index contributed by atoms with van der Waals surface area (Å²) < 4.78 is 0. The van der Waals surface area contributed by atoms with Gasteiger partial charge >= 0.3 is 0 Å². The van der Waals surface area contributed by atoms with Crippen molar-refractivity contribution < 1.29 is 9.72 Å². The lowest BCUT2D eigenvalue weighted by Gasteiger charge is -2.10. The van der Waals surface area contributed by atoms with Crippen LogP contribution in [0.3, 0.4) is 0 Å². The Balaban J connectivity index is 2.81. The van der Waals surface area contributed by atoms with E-state index in [0.29, 0.717) is 17.7 Å². The van der Waals surface area contributed by atoms with Crippen LogP contribution in [-0.2, 0) is 4.79 Å². The molecule has 0 bridgehead atoms. The highest BCUT2D eigenvalue weighted by atomic mass is 35.5. The Kier molecular flexibility index (Phi) is 5.36. The fraction of sp³-hybridized carbons (Fsp3) is 0.250. The number of carbonyl (C=O) groups excluding carboxylic acids is 1. The van der Waals surface area contributed by atoms with E-state index in [-0.39, 0.29) is 17.4 Å². The molecule has 17 heavy (non-hydrogen) atoms. The minimum atomic E-state index is -0.353. The average Bonchev–Trinajstić information content (AvgIpc) is 2.28. The van der Waals surface area contributed by atoms with Gasteiger partial charge in [-0.05, 0) is 30.2 Å². The van der Waals surface area contributed by atoms with Gasteiger partial charge in [0.25, 0.3) is 0 Å². The summed E-state index contributed by atoms with van der Waals surface area (Å²) in [5.41, 5.74) is 0.849.